The second-order valence-corrected chi connectivity index (χ2v) is 6.75. The summed E-state index contributed by atoms with van der Waals surface area (Å²) in [7, 11) is 0. The van der Waals surface area contributed by atoms with Crippen LogP contribution in [0.25, 0.3) is 0 Å². The fourth-order valence-corrected chi connectivity index (χ4v) is 3.67. The van der Waals surface area contributed by atoms with E-state index in [0.717, 1.165) is 25.9 Å². The zero-order chi connectivity index (χ0) is 16.2. The molecule has 2 amide bonds. The summed E-state index contributed by atoms with van der Waals surface area (Å²) in [4.78, 5) is 30.7. The Morgan fingerprint density at radius 3 is 2.22 bits per heavy atom. The Kier molecular flexibility index (Phi) is 5.50. The number of carbonyl (C=O) groups excluding carboxylic acids is 2. The lowest BCUT2D eigenvalue weighted by molar-refractivity contribution is -0.147. The highest BCUT2D eigenvalue weighted by Crippen LogP contribution is 2.21. The molecule has 0 radical (unpaired) electrons. The standard InChI is InChI=1S/C16H28N4O3/c17-11-13-3-4-14(23-13)16(22)20-9-7-19(8-10-20)15(21)12-18-5-1-2-6-18/h13-14H,1-12,17H2/t13-,14+/m1/s1. The average Bonchev–Trinajstić information content (AvgIpc) is 3.25. The smallest absolute Gasteiger partial charge is 0.251 e. The molecular formula is C16H28N4O3. The SMILES string of the molecule is NC[C@H]1CC[C@@H](C(=O)N2CCN(C(=O)CN3CCCC3)CC2)O1. The van der Waals surface area contributed by atoms with Crippen molar-refractivity contribution in [3.05, 3.63) is 0 Å². The molecule has 0 aliphatic carbocycles. The summed E-state index contributed by atoms with van der Waals surface area (Å²) in [5.41, 5.74) is 5.60. The summed E-state index contributed by atoms with van der Waals surface area (Å²) < 4.78 is 5.69. The van der Waals surface area contributed by atoms with Crippen molar-refractivity contribution in [2.24, 2.45) is 5.73 Å². The fraction of sp³-hybridized carbons (Fsp3) is 0.875. The molecule has 0 saturated carbocycles. The first kappa shape index (κ1) is 16.7. The van der Waals surface area contributed by atoms with E-state index in [0.29, 0.717) is 39.3 Å². The summed E-state index contributed by atoms with van der Waals surface area (Å²) in [5, 5.41) is 0. The lowest BCUT2D eigenvalue weighted by atomic mass is 10.1. The molecule has 0 aromatic heterocycles. The summed E-state index contributed by atoms with van der Waals surface area (Å²) in [6.45, 7) is 5.55. The lowest BCUT2D eigenvalue weighted by Crippen LogP contribution is -2.54. The molecule has 0 spiro atoms. The van der Waals surface area contributed by atoms with Crippen LogP contribution in [-0.2, 0) is 14.3 Å². The zero-order valence-electron chi connectivity index (χ0n) is 13.8. The first-order valence-electron chi connectivity index (χ1n) is 8.82. The summed E-state index contributed by atoms with van der Waals surface area (Å²) in [5.74, 6) is 0.256. The third-order valence-corrected chi connectivity index (χ3v) is 5.15. The number of nitrogens with zero attached hydrogens (tertiary/aromatic N) is 3. The van der Waals surface area contributed by atoms with Gasteiger partial charge in [-0.2, -0.15) is 0 Å². The average molecular weight is 324 g/mol. The Hall–Kier alpha value is -1.18. The monoisotopic (exact) mass is 324 g/mol. The predicted octanol–water partition coefficient (Wildman–Crippen LogP) is -0.741. The summed E-state index contributed by atoms with van der Waals surface area (Å²) >= 11 is 0. The van der Waals surface area contributed by atoms with Gasteiger partial charge in [-0.15, -0.1) is 0 Å². The molecule has 3 aliphatic rings. The van der Waals surface area contributed by atoms with Crippen molar-refractivity contribution in [2.45, 2.75) is 37.9 Å². The van der Waals surface area contributed by atoms with E-state index in [1.807, 2.05) is 9.80 Å². The van der Waals surface area contributed by atoms with E-state index in [4.69, 9.17) is 10.5 Å². The van der Waals surface area contributed by atoms with Crippen LogP contribution in [0.2, 0.25) is 0 Å². The highest BCUT2D eigenvalue weighted by Gasteiger charge is 2.34. The van der Waals surface area contributed by atoms with Crippen molar-refractivity contribution in [2.75, 3.05) is 52.4 Å². The van der Waals surface area contributed by atoms with E-state index in [2.05, 4.69) is 4.90 Å². The number of amides is 2. The highest BCUT2D eigenvalue weighted by atomic mass is 16.5. The quantitative estimate of drug-likeness (QED) is 0.737. The molecule has 3 fully saturated rings. The number of rotatable bonds is 4. The van der Waals surface area contributed by atoms with Gasteiger partial charge in [0.2, 0.25) is 5.91 Å². The fourth-order valence-electron chi connectivity index (χ4n) is 3.67. The molecular weight excluding hydrogens is 296 g/mol. The Balaban J connectivity index is 1.42. The molecule has 23 heavy (non-hydrogen) atoms. The second-order valence-electron chi connectivity index (χ2n) is 6.75. The minimum absolute atomic E-state index is 0.0206. The maximum Gasteiger partial charge on any atom is 0.251 e. The molecule has 3 saturated heterocycles. The van der Waals surface area contributed by atoms with Crippen LogP contribution in [0.3, 0.4) is 0 Å². The Bertz CT molecular complexity index is 431. The van der Waals surface area contributed by atoms with Gasteiger partial charge in [-0.25, -0.2) is 0 Å². The van der Waals surface area contributed by atoms with Crippen molar-refractivity contribution >= 4 is 11.8 Å². The van der Waals surface area contributed by atoms with Gasteiger partial charge in [0.25, 0.3) is 5.91 Å². The highest BCUT2D eigenvalue weighted by molar-refractivity contribution is 5.82. The van der Waals surface area contributed by atoms with Gasteiger partial charge in [0.15, 0.2) is 0 Å². The second kappa shape index (κ2) is 7.59. The number of hydrogen-bond acceptors (Lipinski definition) is 5. The van der Waals surface area contributed by atoms with Crippen molar-refractivity contribution in [1.29, 1.82) is 0 Å². The largest absolute Gasteiger partial charge is 0.364 e. The van der Waals surface area contributed by atoms with Crippen LogP contribution >= 0.6 is 0 Å². The third kappa shape index (κ3) is 4.02. The van der Waals surface area contributed by atoms with Crippen LogP contribution < -0.4 is 5.73 Å². The summed E-state index contributed by atoms with van der Waals surface area (Å²) in [6, 6.07) is 0. The number of carbonyl (C=O) groups is 2. The molecule has 2 N–H and O–H groups in total. The van der Waals surface area contributed by atoms with Crippen LogP contribution in [0, 0.1) is 0 Å². The van der Waals surface area contributed by atoms with E-state index in [9.17, 15) is 9.59 Å². The molecule has 0 bridgehead atoms. The number of likely N-dealkylation sites (tertiary alicyclic amines) is 1. The molecule has 0 unspecified atom stereocenters. The Morgan fingerprint density at radius 2 is 1.61 bits per heavy atom. The van der Waals surface area contributed by atoms with Crippen LogP contribution in [-0.4, -0.2) is 91.1 Å². The molecule has 0 aromatic rings. The maximum atomic E-state index is 12.5. The lowest BCUT2D eigenvalue weighted by Gasteiger charge is -2.36. The molecule has 3 aliphatic heterocycles. The topological polar surface area (TPSA) is 79.1 Å². The predicted molar refractivity (Wildman–Crippen MR) is 85.8 cm³/mol. The first-order chi connectivity index (χ1) is 11.2. The van der Waals surface area contributed by atoms with Gasteiger partial charge in [-0.3, -0.25) is 14.5 Å². The van der Waals surface area contributed by atoms with Crippen molar-refractivity contribution < 1.29 is 14.3 Å². The van der Waals surface area contributed by atoms with Crippen molar-refractivity contribution in [3.8, 4) is 0 Å². The van der Waals surface area contributed by atoms with Gasteiger partial charge < -0.3 is 20.3 Å². The normalized spacial score (nSPS) is 29.3. The van der Waals surface area contributed by atoms with Gasteiger partial charge in [0, 0.05) is 32.7 Å². The Labute approximate surface area is 137 Å². The minimum atomic E-state index is -0.338. The van der Waals surface area contributed by atoms with Gasteiger partial charge in [0.05, 0.1) is 12.6 Å². The van der Waals surface area contributed by atoms with E-state index in [-0.39, 0.29) is 24.0 Å². The third-order valence-electron chi connectivity index (χ3n) is 5.15. The van der Waals surface area contributed by atoms with Crippen LogP contribution in [0.5, 0.6) is 0 Å². The van der Waals surface area contributed by atoms with Crippen molar-refractivity contribution in [3.63, 3.8) is 0 Å². The maximum absolute atomic E-state index is 12.5. The number of hydrogen-bond donors (Lipinski definition) is 1. The molecule has 2 atom stereocenters. The summed E-state index contributed by atoms with van der Waals surface area (Å²) in [6.07, 6.45) is 3.69. The Morgan fingerprint density at radius 1 is 0.957 bits per heavy atom. The van der Waals surface area contributed by atoms with Gasteiger partial charge in [-0.1, -0.05) is 0 Å². The van der Waals surface area contributed by atoms with E-state index >= 15 is 0 Å². The minimum Gasteiger partial charge on any atom is -0.364 e. The molecule has 0 aromatic carbocycles. The van der Waals surface area contributed by atoms with Crippen LogP contribution in [0.1, 0.15) is 25.7 Å². The van der Waals surface area contributed by atoms with Crippen LogP contribution in [0.4, 0.5) is 0 Å². The van der Waals surface area contributed by atoms with E-state index in [1.54, 1.807) is 0 Å². The number of nitrogens with two attached hydrogens (primary N) is 1. The van der Waals surface area contributed by atoms with E-state index in [1.165, 1.54) is 12.8 Å². The van der Waals surface area contributed by atoms with E-state index < -0.39 is 0 Å². The molecule has 7 nitrogen and oxygen atoms in total. The molecule has 130 valence electrons. The van der Waals surface area contributed by atoms with Gasteiger partial charge in [0.1, 0.15) is 6.10 Å². The zero-order valence-corrected chi connectivity index (χ0v) is 13.8. The number of piperazine rings is 1. The molecule has 3 heterocycles. The first-order valence-corrected chi connectivity index (χ1v) is 8.82. The molecule has 3 rings (SSSR count). The van der Waals surface area contributed by atoms with Crippen LogP contribution in [0.15, 0.2) is 0 Å². The van der Waals surface area contributed by atoms with Crippen molar-refractivity contribution in [1.82, 2.24) is 14.7 Å². The molecule has 7 heteroatoms. The van der Waals surface area contributed by atoms with Gasteiger partial charge >= 0.3 is 0 Å². The number of ether oxygens (including phenoxy) is 1. The van der Waals surface area contributed by atoms with Gasteiger partial charge in [-0.05, 0) is 38.8 Å².